The second kappa shape index (κ2) is 7.24. The fourth-order valence-electron chi connectivity index (χ4n) is 2.18. The zero-order valence-corrected chi connectivity index (χ0v) is 12.3. The quantitative estimate of drug-likeness (QED) is 0.802. The number of rotatable bonds is 3. The lowest BCUT2D eigenvalue weighted by molar-refractivity contribution is -0.126. The summed E-state index contributed by atoms with van der Waals surface area (Å²) in [6.07, 6.45) is 8.59. The number of likely N-dealkylation sites (tertiary alicyclic amines) is 1. The normalized spacial score (nSPS) is 16.6. The summed E-state index contributed by atoms with van der Waals surface area (Å²) in [5.74, 6) is 0.0353. The van der Waals surface area contributed by atoms with Gasteiger partial charge in [-0.3, -0.25) is 14.6 Å². The van der Waals surface area contributed by atoms with Crippen LogP contribution in [0.15, 0.2) is 30.6 Å². The fourth-order valence-corrected chi connectivity index (χ4v) is 3.09. The predicted molar refractivity (Wildman–Crippen MR) is 81.1 cm³/mol. The number of amides is 1. The molecule has 1 aliphatic heterocycles. The number of aromatic nitrogens is 1. The van der Waals surface area contributed by atoms with Crippen LogP contribution in [0.5, 0.6) is 0 Å². The molecule has 4 nitrogen and oxygen atoms in total. The van der Waals surface area contributed by atoms with E-state index in [-0.39, 0.29) is 11.0 Å². The molecule has 1 aromatic heterocycles. The number of thioether (sulfide) groups is 1. The van der Waals surface area contributed by atoms with E-state index < -0.39 is 0 Å². The molecule has 1 saturated heterocycles. The monoisotopic (exact) mass is 290 g/mol. The molecule has 2 heterocycles. The van der Waals surface area contributed by atoms with Crippen molar-refractivity contribution in [2.45, 2.75) is 25.0 Å². The second-order valence-electron chi connectivity index (χ2n) is 4.75. The van der Waals surface area contributed by atoms with Gasteiger partial charge in [0.1, 0.15) is 0 Å². The number of hydrogen-bond donors (Lipinski definition) is 0. The highest BCUT2D eigenvalue weighted by Crippen LogP contribution is 2.23. The molecule has 2 rings (SSSR count). The number of pyridine rings is 1. The molecular weight excluding hydrogens is 272 g/mol. The molecule has 0 bridgehead atoms. The molecule has 0 unspecified atom stereocenters. The van der Waals surface area contributed by atoms with Crippen LogP contribution in [0, 0.1) is 0 Å². The Labute approximate surface area is 123 Å². The molecule has 0 radical (unpaired) electrons. The molecule has 0 aliphatic carbocycles. The summed E-state index contributed by atoms with van der Waals surface area (Å²) in [5.41, 5.74) is 0.968. The third kappa shape index (κ3) is 4.49. The van der Waals surface area contributed by atoms with Crippen molar-refractivity contribution in [2.24, 2.45) is 0 Å². The molecule has 1 fully saturated rings. The highest BCUT2D eigenvalue weighted by molar-refractivity contribution is 8.14. The van der Waals surface area contributed by atoms with Crippen molar-refractivity contribution in [1.29, 1.82) is 0 Å². The van der Waals surface area contributed by atoms with E-state index >= 15 is 0 Å². The van der Waals surface area contributed by atoms with Crippen LogP contribution in [0.3, 0.4) is 0 Å². The number of piperidine rings is 1. The van der Waals surface area contributed by atoms with Crippen LogP contribution in [0.25, 0.3) is 6.08 Å². The zero-order valence-electron chi connectivity index (χ0n) is 11.5. The molecule has 20 heavy (non-hydrogen) atoms. The Hall–Kier alpha value is -1.62. The Bertz CT molecular complexity index is 494. The van der Waals surface area contributed by atoms with Gasteiger partial charge in [0.25, 0.3) is 0 Å². The van der Waals surface area contributed by atoms with Gasteiger partial charge in [-0.15, -0.1) is 0 Å². The minimum absolute atomic E-state index is 0.0353. The van der Waals surface area contributed by atoms with Crippen LogP contribution in [-0.4, -0.2) is 39.2 Å². The van der Waals surface area contributed by atoms with Crippen LogP contribution in [0.2, 0.25) is 0 Å². The number of carbonyl (C=O) groups is 2. The highest BCUT2D eigenvalue weighted by Gasteiger charge is 2.22. The molecule has 1 aliphatic rings. The first-order valence-corrected chi connectivity index (χ1v) is 7.57. The third-order valence-electron chi connectivity index (χ3n) is 3.21. The van der Waals surface area contributed by atoms with E-state index in [1.165, 1.54) is 11.8 Å². The fraction of sp³-hybridized carbons (Fsp3) is 0.400. The third-order valence-corrected chi connectivity index (χ3v) is 4.35. The first kappa shape index (κ1) is 14.8. The summed E-state index contributed by atoms with van der Waals surface area (Å²) >= 11 is 1.40. The van der Waals surface area contributed by atoms with Crippen molar-refractivity contribution in [1.82, 2.24) is 9.88 Å². The molecular formula is C15H18N2O2S. The molecule has 0 saturated carbocycles. The number of carbonyl (C=O) groups excluding carboxylic acids is 2. The van der Waals surface area contributed by atoms with Crippen molar-refractivity contribution >= 4 is 28.9 Å². The van der Waals surface area contributed by atoms with Gasteiger partial charge in [0.2, 0.25) is 5.91 Å². The minimum atomic E-state index is 0.0353. The average Bonchev–Trinajstić information content (AvgIpc) is 2.46. The Morgan fingerprint density at radius 1 is 1.30 bits per heavy atom. The van der Waals surface area contributed by atoms with Crippen LogP contribution in [0.4, 0.5) is 0 Å². The predicted octanol–water partition coefficient (Wildman–Crippen LogP) is 2.37. The molecule has 0 spiro atoms. The Balaban J connectivity index is 1.83. The Morgan fingerprint density at radius 2 is 1.95 bits per heavy atom. The lowest BCUT2D eigenvalue weighted by Gasteiger charge is -2.30. The molecule has 1 amide bonds. The van der Waals surface area contributed by atoms with Crippen LogP contribution >= 0.6 is 11.8 Å². The van der Waals surface area contributed by atoms with E-state index in [1.807, 2.05) is 17.0 Å². The van der Waals surface area contributed by atoms with Crippen molar-refractivity contribution in [3.63, 3.8) is 0 Å². The van der Waals surface area contributed by atoms with Crippen molar-refractivity contribution < 1.29 is 9.59 Å². The highest BCUT2D eigenvalue weighted by atomic mass is 32.2. The van der Waals surface area contributed by atoms with Gasteiger partial charge in [-0.1, -0.05) is 11.8 Å². The van der Waals surface area contributed by atoms with Gasteiger partial charge in [-0.2, -0.15) is 0 Å². The lowest BCUT2D eigenvalue weighted by atomic mass is 10.1. The summed E-state index contributed by atoms with van der Waals surface area (Å²) in [7, 11) is 0. The van der Waals surface area contributed by atoms with E-state index in [0.29, 0.717) is 5.25 Å². The average molecular weight is 290 g/mol. The van der Waals surface area contributed by atoms with Gasteiger partial charge in [-0.25, -0.2) is 0 Å². The molecule has 0 N–H and O–H groups in total. The molecule has 5 heteroatoms. The van der Waals surface area contributed by atoms with Gasteiger partial charge in [0, 0.05) is 43.7 Å². The summed E-state index contributed by atoms with van der Waals surface area (Å²) in [6.45, 7) is 3.05. The van der Waals surface area contributed by atoms with E-state index in [2.05, 4.69) is 4.98 Å². The van der Waals surface area contributed by atoms with Crippen molar-refractivity contribution in [3.05, 3.63) is 36.2 Å². The van der Waals surface area contributed by atoms with Gasteiger partial charge in [0.05, 0.1) is 0 Å². The standard InChI is InChI=1S/C15H18N2O2S/c1-12(18)20-14-6-10-17(11-7-14)15(19)3-2-13-4-8-16-9-5-13/h2-5,8-9,14H,6-7,10-11H2,1H3. The largest absolute Gasteiger partial charge is 0.339 e. The summed E-state index contributed by atoms with van der Waals surface area (Å²) < 4.78 is 0. The van der Waals surface area contributed by atoms with Crippen molar-refractivity contribution in [3.8, 4) is 0 Å². The zero-order chi connectivity index (χ0) is 14.4. The van der Waals surface area contributed by atoms with Gasteiger partial charge in [-0.05, 0) is 36.6 Å². The van der Waals surface area contributed by atoms with Gasteiger partial charge < -0.3 is 4.90 Å². The van der Waals surface area contributed by atoms with E-state index in [9.17, 15) is 9.59 Å². The first-order valence-electron chi connectivity index (χ1n) is 6.69. The summed E-state index contributed by atoms with van der Waals surface area (Å²) in [6, 6.07) is 3.72. The van der Waals surface area contributed by atoms with Gasteiger partial charge in [0.15, 0.2) is 5.12 Å². The maximum absolute atomic E-state index is 12.1. The molecule has 0 aromatic carbocycles. The maximum Gasteiger partial charge on any atom is 0.246 e. The lowest BCUT2D eigenvalue weighted by Crippen LogP contribution is -2.38. The SMILES string of the molecule is CC(=O)SC1CCN(C(=O)C=Cc2ccncc2)CC1. The van der Waals surface area contributed by atoms with Gasteiger partial charge >= 0.3 is 0 Å². The smallest absolute Gasteiger partial charge is 0.246 e. The Kier molecular flexibility index (Phi) is 5.35. The summed E-state index contributed by atoms with van der Waals surface area (Å²) in [4.78, 5) is 28.9. The molecule has 0 atom stereocenters. The summed E-state index contributed by atoms with van der Waals surface area (Å²) in [5, 5.41) is 0.521. The van der Waals surface area contributed by atoms with Crippen LogP contribution in [0.1, 0.15) is 25.3 Å². The topological polar surface area (TPSA) is 50.3 Å². The minimum Gasteiger partial charge on any atom is -0.339 e. The van der Waals surface area contributed by atoms with E-state index in [4.69, 9.17) is 0 Å². The van der Waals surface area contributed by atoms with E-state index in [1.54, 1.807) is 31.5 Å². The van der Waals surface area contributed by atoms with E-state index in [0.717, 1.165) is 31.5 Å². The second-order valence-corrected chi connectivity index (χ2v) is 6.23. The van der Waals surface area contributed by atoms with Crippen molar-refractivity contribution in [2.75, 3.05) is 13.1 Å². The molecule has 106 valence electrons. The number of nitrogens with zero attached hydrogens (tertiary/aromatic N) is 2. The maximum atomic E-state index is 12.1. The Morgan fingerprint density at radius 3 is 2.55 bits per heavy atom. The first-order chi connectivity index (χ1) is 9.65. The van der Waals surface area contributed by atoms with Crippen LogP contribution in [-0.2, 0) is 9.59 Å². The van der Waals surface area contributed by atoms with Crippen LogP contribution < -0.4 is 0 Å². The number of hydrogen-bond acceptors (Lipinski definition) is 4. The molecule has 1 aromatic rings.